The molecule has 0 atom stereocenters. The van der Waals surface area contributed by atoms with Crippen molar-refractivity contribution in [1.29, 1.82) is 0 Å². The number of amides is 1. The summed E-state index contributed by atoms with van der Waals surface area (Å²) in [6, 6.07) is 11.3. The maximum absolute atomic E-state index is 11.1. The summed E-state index contributed by atoms with van der Waals surface area (Å²) in [7, 11) is 0. The molecule has 0 radical (unpaired) electrons. The van der Waals surface area contributed by atoms with E-state index >= 15 is 0 Å². The molecule has 3 heterocycles. The summed E-state index contributed by atoms with van der Waals surface area (Å²) in [5.41, 5.74) is 7.40. The fraction of sp³-hybridized carbons (Fsp3) is 0.333. The van der Waals surface area contributed by atoms with E-state index in [9.17, 15) is 4.79 Å². The van der Waals surface area contributed by atoms with Crippen LogP contribution in [0.5, 0.6) is 11.5 Å². The maximum Gasteiger partial charge on any atom is 0.410 e. The molecular weight excluding hydrogens is 356 g/mol. The molecule has 0 aliphatic carbocycles. The molecule has 1 aliphatic rings. The van der Waals surface area contributed by atoms with Crippen molar-refractivity contribution in [3.8, 4) is 22.8 Å². The summed E-state index contributed by atoms with van der Waals surface area (Å²) < 4.78 is 12.7. The van der Waals surface area contributed by atoms with E-state index < -0.39 is 6.09 Å². The van der Waals surface area contributed by atoms with Crippen LogP contribution in [0.4, 0.5) is 4.79 Å². The van der Waals surface area contributed by atoms with Crippen LogP contribution < -0.4 is 15.2 Å². The van der Waals surface area contributed by atoms with Gasteiger partial charge in [-0.2, -0.15) is 0 Å². The molecule has 7 heteroatoms. The summed E-state index contributed by atoms with van der Waals surface area (Å²) >= 11 is 0. The van der Waals surface area contributed by atoms with Crippen molar-refractivity contribution in [3.63, 3.8) is 0 Å². The van der Waals surface area contributed by atoms with E-state index in [-0.39, 0.29) is 0 Å². The van der Waals surface area contributed by atoms with Gasteiger partial charge in [-0.3, -0.25) is 4.90 Å². The molecule has 4 rings (SSSR count). The van der Waals surface area contributed by atoms with Gasteiger partial charge in [0.2, 0.25) is 0 Å². The van der Waals surface area contributed by atoms with E-state index in [4.69, 9.17) is 15.2 Å². The van der Waals surface area contributed by atoms with Gasteiger partial charge < -0.3 is 19.6 Å². The largest absolute Gasteiger partial charge is 0.492 e. The van der Waals surface area contributed by atoms with Gasteiger partial charge in [0.05, 0.1) is 5.69 Å². The lowest BCUT2D eigenvalue weighted by atomic mass is 10.1. The molecule has 146 valence electrons. The van der Waals surface area contributed by atoms with Crippen LogP contribution in [-0.2, 0) is 0 Å². The zero-order valence-electron chi connectivity index (χ0n) is 15.7. The number of rotatable bonds is 6. The number of primary amides is 1. The minimum Gasteiger partial charge on any atom is -0.492 e. The second-order valence-electron chi connectivity index (χ2n) is 6.93. The Morgan fingerprint density at radius 1 is 1.11 bits per heavy atom. The third-order valence-corrected chi connectivity index (χ3v) is 4.93. The van der Waals surface area contributed by atoms with Crippen LogP contribution >= 0.6 is 0 Å². The van der Waals surface area contributed by atoms with Gasteiger partial charge in [-0.15, -0.1) is 0 Å². The van der Waals surface area contributed by atoms with Gasteiger partial charge in [-0.25, -0.2) is 9.78 Å². The van der Waals surface area contributed by atoms with Gasteiger partial charge in [-0.05, 0) is 62.3 Å². The number of hydrogen-bond donors (Lipinski definition) is 1. The second kappa shape index (κ2) is 8.31. The van der Waals surface area contributed by atoms with E-state index in [2.05, 4.69) is 9.88 Å². The number of pyridine rings is 1. The van der Waals surface area contributed by atoms with E-state index in [0.29, 0.717) is 18.0 Å². The van der Waals surface area contributed by atoms with Crippen molar-refractivity contribution in [2.24, 2.45) is 5.73 Å². The van der Waals surface area contributed by atoms with Crippen molar-refractivity contribution < 1.29 is 14.3 Å². The van der Waals surface area contributed by atoms with E-state index in [1.807, 2.05) is 36.7 Å². The van der Waals surface area contributed by atoms with Gasteiger partial charge in [0, 0.05) is 24.5 Å². The molecule has 0 bridgehead atoms. The van der Waals surface area contributed by atoms with Crippen LogP contribution in [0.2, 0.25) is 0 Å². The average Bonchev–Trinajstić information content (AvgIpc) is 3.14. The van der Waals surface area contributed by atoms with Crippen molar-refractivity contribution in [2.45, 2.75) is 19.3 Å². The number of ether oxygens (including phenoxy) is 2. The molecular formula is C21H24N4O3. The van der Waals surface area contributed by atoms with Gasteiger partial charge >= 0.3 is 6.09 Å². The van der Waals surface area contributed by atoms with Crippen LogP contribution in [0.15, 0.2) is 48.8 Å². The van der Waals surface area contributed by atoms with E-state index in [1.165, 1.54) is 32.4 Å². The number of fused-ring (bicyclic) bond motifs is 1. The first-order valence-corrected chi connectivity index (χ1v) is 9.60. The van der Waals surface area contributed by atoms with Crippen molar-refractivity contribution in [2.75, 3.05) is 26.2 Å². The van der Waals surface area contributed by atoms with Gasteiger partial charge in [0.15, 0.2) is 11.4 Å². The Balaban J connectivity index is 1.42. The Kier molecular flexibility index (Phi) is 5.43. The van der Waals surface area contributed by atoms with E-state index in [1.54, 1.807) is 16.5 Å². The molecule has 2 N–H and O–H groups in total. The highest BCUT2D eigenvalue weighted by molar-refractivity contribution is 5.73. The van der Waals surface area contributed by atoms with Gasteiger partial charge in [0.1, 0.15) is 12.4 Å². The highest BCUT2D eigenvalue weighted by Crippen LogP contribution is 2.26. The molecule has 1 amide bonds. The van der Waals surface area contributed by atoms with E-state index in [0.717, 1.165) is 23.6 Å². The molecule has 0 spiro atoms. The first-order chi connectivity index (χ1) is 13.7. The van der Waals surface area contributed by atoms with Crippen LogP contribution in [0.3, 0.4) is 0 Å². The minimum absolute atomic E-state index is 0.332. The zero-order valence-corrected chi connectivity index (χ0v) is 15.7. The number of nitrogens with zero attached hydrogens (tertiary/aromatic N) is 3. The number of benzene rings is 1. The van der Waals surface area contributed by atoms with Crippen molar-refractivity contribution in [3.05, 3.63) is 48.8 Å². The second-order valence-corrected chi connectivity index (χ2v) is 6.93. The summed E-state index contributed by atoms with van der Waals surface area (Å²) in [4.78, 5) is 18.1. The van der Waals surface area contributed by atoms with Gasteiger partial charge in [0.25, 0.3) is 0 Å². The standard InChI is InChI=1S/C21H24N4O3/c22-21(26)28-19-5-4-12-25-15-18(23-20(19)25)16-6-8-17(9-7-16)27-14-13-24-10-2-1-3-11-24/h4-9,12,15H,1-3,10-11,13-14H2,(H2,22,26). The normalized spacial score (nSPS) is 14.9. The molecule has 0 saturated carbocycles. The molecule has 2 aromatic heterocycles. The van der Waals surface area contributed by atoms with Crippen molar-refractivity contribution >= 4 is 11.7 Å². The SMILES string of the molecule is NC(=O)Oc1cccn2cc(-c3ccc(OCCN4CCCCC4)cc3)nc12. The van der Waals surface area contributed by atoms with Crippen LogP contribution in [0.25, 0.3) is 16.9 Å². The Hall–Kier alpha value is -3.06. The lowest BCUT2D eigenvalue weighted by molar-refractivity contribution is 0.183. The number of imidazole rings is 1. The van der Waals surface area contributed by atoms with Crippen LogP contribution in [0, 0.1) is 0 Å². The number of nitrogens with two attached hydrogens (primary N) is 1. The molecule has 28 heavy (non-hydrogen) atoms. The Bertz CT molecular complexity index is 946. The quantitative estimate of drug-likeness (QED) is 0.709. The average molecular weight is 380 g/mol. The number of aromatic nitrogens is 2. The predicted octanol–water partition coefficient (Wildman–Crippen LogP) is 3.32. The minimum atomic E-state index is -0.858. The summed E-state index contributed by atoms with van der Waals surface area (Å²) in [5, 5.41) is 0. The van der Waals surface area contributed by atoms with Crippen LogP contribution in [0.1, 0.15) is 19.3 Å². The first-order valence-electron chi connectivity index (χ1n) is 9.60. The number of carbonyl (C=O) groups is 1. The highest BCUT2D eigenvalue weighted by atomic mass is 16.5. The predicted molar refractivity (Wildman–Crippen MR) is 107 cm³/mol. The number of hydrogen-bond acceptors (Lipinski definition) is 5. The molecule has 1 fully saturated rings. The smallest absolute Gasteiger partial charge is 0.410 e. The first kappa shape index (κ1) is 18.3. The Labute approximate surface area is 163 Å². The molecule has 3 aromatic rings. The Morgan fingerprint density at radius 2 is 1.89 bits per heavy atom. The molecule has 1 saturated heterocycles. The molecule has 7 nitrogen and oxygen atoms in total. The highest BCUT2D eigenvalue weighted by Gasteiger charge is 2.12. The number of carbonyl (C=O) groups excluding carboxylic acids is 1. The summed E-state index contributed by atoms with van der Waals surface area (Å²) in [6.45, 7) is 4.02. The number of piperidine rings is 1. The molecule has 1 aromatic carbocycles. The lowest BCUT2D eigenvalue weighted by Crippen LogP contribution is -2.33. The maximum atomic E-state index is 11.1. The zero-order chi connectivity index (χ0) is 19.3. The third-order valence-electron chi connectivity index (χ3n) is 4.93. The fourth-order valence-corrected chi connectivity index (χ4v) is 3.51. The summed E-state index contributed by atoms with van der Waals surface area (Å²) in [6.07, 6.45) is 6.80. The van der Waals surface area contributed by atoms with Gasteiger partial charge in [-0.1, -0.05) is 6.42 Å². The Morgan fingerprint density at radius 3 is 2.64 bits per heavy atom. The molecule has 0 unspecified atom stereocenters. The summed E-state index contributed by atoms with van der Waals surface area (Å²) in [5.74, 6) is 1.18. The molecule has 1 aliphatic heterocycles. The van der Waals surface area contributed by atoms with Crippen molar-refractivity contribution in [1.82, 2.24) is 14.3 Å². The monoisotopic (exact) mass is 380 g/mol. The lowest BCUT2D eigenvalue weighted by Gasteiger charge is -2.26. The fourth-order valence-electron chi connectivity index (χ4n) is 3.51. The third kappa shape index (κ3) is 4.26. The van der Waals surface area contributed by atoms with Crippen LogP contribution in [-0.4, -0.2) is 46.6 Å². The topological polar surface area (TPSA) is 82.1 Å². The number of likely N-dealkylation sites (tertiary alicyclic amines) is 1.